The van der Waals surface area contributed by atoms with E-state index in [1.54, 1.807) is 11.1 Å². The molecule has 1 atom stereocenters. The van der Waals surface area contributed by atoms with Crippen LogP contribution in [0.4, 0.5) is 19.3 Å². The molecule has 0 spiro atoms. The fraction of sp³-hybridized carbons (Fsp3) is 0.444. The highest BCUT2D eigenvalue weighted by atomic mass is 19.2. The van der Waals surface area contributed by atoms with Crippen LogP contribution >= 0.6 is 0 Å². The Balaban J connectivity index is 1.69. The van der Waals surface area contributed by atoms with Crippen LogP contribution in [0.15, 0.2) is 30.6 Å². The molecule has 2 aromatic rings. The van der Waals surface area contributed by atoms with E-state index in [1.807, 2.05) is 6.20 Å². The molecule has 2 amide bonds. The lowest BCUT2D eigenvalue weighted by atomic mass is 9.97. The maximum absolute atomic E-state index is 13.3. The van der Waals surface area contributed by atoms with Gasteiger partial charge < -0.3 is 14.8 Å². The summed E-state index contributed by atoms with van der Waals surface area (Å²) >= 11 is 0. The van der Waals surface area contributed by atoms with Crippen molar-refractivity contribution in [1.82, 2.24) is 14.5 Å². The average Bonchev–Trinajstić information content (AvgIpc) is 3.08. The molecule has 1 saturated heterocycles. The van der Waals surface area contributed by atoms with E-state index in [0.29, 0.717) is 19.1 Å². The fourth-order valence-corrected chi connectivity index (χ4v) is 3.23. The molecule has 0 bridgehead atoms. The van der Waals surface area contributed by atoms with Crippen molar-refractivity contribution < 1.29 is 13.6 Å². The Morgan fingerprint density at radius 1 is 1.32 bits per heavy atom. The van der Waals surface area contributed by atoms with Crippen molar-refractivity contribution in [2.24, 2.45) is 0 Å². The van der Waals surface area contributed by atoms with Crippen molar-refractivity contribution in [3.05, 3.63) is 48.1 Å². The van der Waals surface area contributed by atoms with Crippen molar-refractivity contribution in [2.75, 3.05) is 18.4 Å². The summed E-state index contributed by atoms with van der Waals surface area (Å²) in [6.07, 6.45) is 5.59. The summed E-state index contributed by atoms with van der Waals surface area (Å²) in [4.78, 5) is 18.6. The molecular formula is C18H22F2N4O. The van der Waals surface area contributed by atoms with Crippen LogP contribution in [0, 0.1) is 11.6 Å². The number of likely N-dealkylation sites (tertiary alicyclic amines) is 1. The molecule has 2 heterocycles. The number of urea groups is 1. The fourth-order valence-electron chi connectivity index (χ4n) is 3.23. The maximum Gasteiger partial charge on any atom is 0.321 e. The zero-order chi connectivity index (χ0) is 18.0. The van der Waals surface area contributed by atoms with E-state index >= 15 is 0 Å². The first-order valence-corrected chi connectivity index (χ1v) is 8.49. The molecular weight excluding hydrogens is 326 g/mol. The largest absolute Gasteiger partial charge is 0.332 e. The van der Waals surface area contributed by atoms with Crippen molar-refractivity contribution in [3.8, 4) is 0 Å². The zero-order valence-corrected chi connectivity index (χ0v) is 14.4. The molecule has 134 valence electrons. The van der Waals surface area contributed by atoms with Crippen LogP contribution in [-0.2, 0) is 0 Å². The zero-order valence-electron chi connectivity index (χ0n) is 14.4. The van der Waals surface area contributed by atoms with E-state index in [-0.39, 0.29) is 17.6 Å². The van der Waals surface area contributed by atoms with Crippen LogP contribution in [0.3, 0.4) is 0 Å². The van der Waals surface area contributed by atoms with Gasteiger partial charge in [0.25, 0.3) is 0 Å². The highest BCUT2D eigenvalue weighted by molar-refractivity contribution is 5.89. The van der Waals surface area contributed by atoms with Crippen LogP contribution in [0.1, 0.15) is 44.5 Å². The molecule has 5 nitrogen and oxygen atoms in total. The number of halogens is 2. The molecule has 0 saturated carbocycles. The summed E-state index contributed by atoms with van der Waals surface area (Å²) in [6.45, 7) is 5.39. The molecule has 3 rings (SSSR count). The lowest BCUT2D eigenvalue weighted by Crippen LogP contribution is -2.42. The number of carbonyl (C=O) groups excluding carboxylic acids is 1. The van der Waals surface area contributed by atoms with Gasteiger partial charge in [0, 0.05) is 49.2 Å². The van der Waals surface area contributed by atoms with Gasteiger partial charge in [0.15, 0.2) is 11.6 Å². The Hall–Kier alpha value is -2.44. The minimum atomic E-state index is -0.978. The lowest BCUT2D eigenvalue weighted by molar-refractivity contribution is 0.190. The Kier molecular flexibility index (Phi) is 5.01. The maximum atomic E-state index is 13.3. The van der Waals surface area contributed by atoms with Gasteiger partial charge in [-0.05, 0) is 38.8 Å². The summed E-state index contributed by atoms with van der Waals surface area (Å²) < 4.78 is 28.4. The van der Waals surface area contributed by atoms with Crippen molar-refractivity contribution in [3.63, 3.8) is 0 Å². The van der Waals surface area contributed by atoms with Gasteiger partial charge in [-0.25, -0.2) is 18.6 Å². The first-order valence-electron chi connectivity index (χ1n) is 8.49. The second-order valence-corrected chi connectivity index (χ2v) is 6.63. The molecule has 1 fully saturated rings. The number of aromatic nitrogens is 2. The third-order valence-electron chi connectivity index (χ3n) is 4.50. The summed E-state index contributed by atoms with van der Waals surface area (Å²) in [5, 5.41) is 2.64. The van der Waals surface area contributed by atoms with Crippen LogP contribution in [0.5, 0.6) is 0 Å². The third kappa shape index (κ3) is 3.81. The van der Waals surface area contributed by atoms with Gasteiger partial charge in [-0.2, -0.15) is 0 Å². The Bertz CT molecular complexity index is 759. The van der Waals surface area contributed by atoms with Gasteiger partial charge >= 0.3 is 6.03 Å². The van der Waals surface area contributed by atoms with Crippen LogP contribution in [0.25, 0.3) is 0 Å². The normalized spacial score (nSPS) is 17.8. The standard InChI is InChI=1S/C18H22F2N4O/c1-12(2)24-9-7-21-17(24)13-4-3-8-23(11-13)18(25)22-14-5-6-15(19)16(20)10-14/h5-7,9-10,12-13H,3-4,8,11H2,1-2H3,(H,22,25)/t13-/m1/s1. The van der Waals surface area contributed by atoms with Crippen LogP contribution in [0.2, 0.25) is 0 Å². The van der Waals surface area contributed by atoms with Crippen molar-refractivity contribution >= 4 is 11.7 Å². The Labute approximate surface area is 145 Å². The van der Waals surface area contributed by atoms with E-state index in [4.69, 9.17) is 0 Å². The first kappa shape index (κ1) is 17.4. The number of benzene rings is 1. The molecule has 25 heavy (non-hydrogen) atoms. The minimum Gasteiger partial charge on any atom is -0.332 e. The number of imidazole rings is 1. The molecule has 1 N–H and O–H groups in total. The molecule has 0 unspecified atom stereocenters. The Morgan fingerprint density at radius 3 is 2.84 bits per heavy atom. The molecule has 0 aliphatic carbocycles. The van der Waals surface area contributed by atoms with Gasteiger partial charge in [0.2, 0.25) is 0 Å². The van der Waals surface area contributed by atoms with E-state index in [2.05, 4.69) is 28.7 Å². The van der Waals surface area contributed by atoms with Crippen LogP contribution < -0.4 is 5.32 Å². The summed E-state index contributed by atoms with van der Waals surface area (Å²) in [5.41, 5.74) is 0.245. The van der Waals surface area contributed by atoms with Gasteiger partial charge in [0.05, 0.1) is 0 Å². The summed E-state index contributed by atoms with van der Waals surface area (Å²) in [5.74, 6) is -0.757. The second-order valence-electron chi connectivity index (χ2n) is 6.63. The monoisotopic (exact) mass is 348 g/mol. The highest BCUT2D eigenvalue weighted by Crippen LogP contribution is 2.28. The van der Waals surface area contributed by atoms with Crippen LogP contribution in [-0.4, -0.2) is 33.6 Å². The Morgan fingerprint density at radius 2 is 2.12 bits per heavy atom. The van der Waals surface area contributed by atoms with E-state index in [1.165, 1.54) is 6.07 Å². The molecule has 1 aromatic heterocycles. The number of nitrogens with zero attached hydrogens (tertiary/aromatic N) is 3. The van der Waals surface area contributed by atoms with Gasteiger partial charge in [0.1, 0.15) is 5.82 Å². The number of rotatable bonds is 3. The van der Waals surface area contributed by atoms with Crippen molar-refractivity contribution in [2.45, 2.75) is 38.6 Å². The predicted molar refractivity (Wildman–Crippen MR) is 91.5 cm³/mol. The van der Waals surface area contributed by atoms with Crippen molar-refractivity contribution in [1.29, 1.82) is 0 Å². The molecule has 1 aliphatic rings. The second kappa shape index (κ2) is 7.21. The highest BCUT2D eigenvalue weighted by Gasteiger charge is 2.28. The quantitative estimate of drug-likeness (QED) is 0.906. The summed E-state index contributed by atoms with van der Waals surface area (Å²) in [6, 6.07) is 3.34. The number of piperidine rings is 1. The summed E-state index contributed by atoms with van der Waals surface area (Å²) in [7, 11) is 0. The lowest BCUT2D eigenvalue weighted by Gasteiger charge is -2.33. The average molecular weight is 348 g/mol. The molecule has 0 radical (unpaired) electrons. The molecule has 1 aromatic carbocycles. The molecule has 7 heteroatoms. The van der Waals surface area contributed by atoms with Gasteiger partial charge in [-0.15, -0.1) is 0 Å². The minimum absolute atomic E-state index is 0.168. The SMILES string of the molecule is CC(C)n1ccnc1[C@@H]1CCCN(C(=O)Nc2ccc(F)c(F)c2)C1. The number of hydrogen-bond acceptors (Lipinski definition) is 2. The number of carbonyl (C=O) groups is 1. The third-order valence-corrected chi connectivity index (χ3v) is 4.50. The van der Waals surface area contributed by atoms with Gasteiger partial charge in [-0.3, -0.25) is 0 Å². The smallest absolute Gasteiger partial charge is 0.321 e. The number of anilines is 1. The number of hydrogen-bond donors (Lipinski definition) is 1. The van der Waals surface area contributed by atoms with Gasteiger partial charge in [-0.1, -0.05) is 0 Å². The van der Waals surface area contributed by atoms with E-state index in [0.717, 1.165) is 30.8 Å². The predicted octanol–water partition coefficient (Wildman–Crippen LogP) is 4.15. The molecule has 1 aliphatic heterocycles. The topological polar surface area (TPSA) is 50.2 Å². The van der Waals surface area contributed by atoms with E-state index < -0.39 is 11.6 Å². The first-order chi connectivity index (χ1) is 12.0. The van der Waals surface area contributed by atoms with E-state index in [9.17, 15) is 13.6 Å². The number of nitrogens with one attached hydrogen (secondary N) is 1. The number of amides is 2.